The maximum Gasteiger partial charge on any atom is 0.0556 e. The summed E-state index contributed by atoms with van der Waals surface area (Å²) < 4.78 is 0. The van der Waals surface area contributed by atoms with Gasteiger partial charge in [0.15, 0.2) is 0 Å². The molecule has 0 bridgehead atoms. The smallest absolute Gasteiger partial charge is 0.0556 e. The number of nitrogens with one attached hydrogen (secondary N) is 2. The summed E-state index contributed by atoms with van der Waals surface area (Å²) in [6, 6.07) is 1.13. The molecule has 0 saturated carbocycles. The third-order valence-corrected chi connectivity index (χ3v) is 1.24. The minimum Gasteiger partial charge on any atom is -0.395 e. The predicted octanol–water partition coefficient (Wildman–Crippen LogP) is 0.591. The van der Waals surface area contributed by atoms with E-state index in [2.05, 4.69) is 38.3 Å². The Balaban J connectivity index is 0. The molecular weight excluding hydrogens is 152 g/mol. The summed E-state index contributed by atoms with van der Waals surface area (Å²) in [6.07, 6.45) is 0. The van der Waals surface area contributed by atoms with E-state index in [0.29, 0.717) is 18.6 Å². The number of hydrogen-bond acceptors (Lipinski definition) is 3. The van der Waals surface area contributed by atoms with Gasteiger partial charge in [-0.1, -0.05) is 27.7 Å². The van der Waals surface area contributed by atoms with Crippen molar-refractivity contribution in [2.45, 2.75) is 39.8 Å². The molecule has 0 aromatic heterocycles. The Bertz CT molecular complexity index is 74.9. The fourth-order valence-corrected chi connectivity index (χ4v) is 0.353. The quantitative estimate of drug-likeness (QED) is 0.587. The Kier molecular flexibility index (Phi) is 13.1. The number of rotatable bonds is 4. The second kappa shape index (κ2) is 10.9. The van der Waals surface area contributed by atoms with E-state index < -0.39 is 0 Å². The van der Waals surface area contributed by atoms with Crippen LogP contribution in [-0.2, 0) is 0 Å². The van der Waals surface area contributed by atoms with E-state index in [1.54, 1.807) is 0 Å². The van der Waals surface area contributed by atoms with Crippen LogP contribution in [0.25, 0.3) is 0 Å². The second-order valence-corrected chi connectivity index (χ2v) is 3.28. The van der Waals surface area contributed by atoms with Crippen LogP contribution in [0.15, 0.2) is 0 Å². The van der Waals surface area contributed by atoms with Crippen molar-refractivity contribution in [3.05, 3.63) is 0 Å². The molecule has 0 aromatic rings. The van der Waals surface area contributed by atoms with Gasteiger partial charge in [0.2, 0.25) is 0 Å². The molecular formula is C9H24N2O. The Hall–Kier alpha value is -0.120. The Morgan fingerprint density at radius 1 is 1.08 bits per heavy atom. The van der Waals surface area contributed by atoms with Gasteiger partial charge in [0.25, 0.3) is 0 Å². The fraction of sp³-hybridized carbons (Fsp3) is 1.00. The van der Waals surface area contributed by atoms with Crippen molar-refractivity contribution in [1.29, 1.82) is 0 Å². The Labute approximate surface area is 76.6 Å². The molecule has 0 atom stereocenters. The first-order valence-corrected chi connectivity index (χ1v) is 4.56. The van der Waals surface area contributed by atoms with Crippen LogP contribution < -0.4 is 10.6 Å². The topological polar surface area (TPSA) is 44.3 Å². The first kappa shape index (κ1) is 14.4. The lowest BCUT2D eigenvalue weighted by atomic mass is 10.4. The Morgan fingerprint density at radius 3 is 1.58 bits per heavy atom. The van der Waals surface area contributed by atoms with Crippen LogP contribution in [0.4, 0.5) is 0 Å². The largest absolute Gasteiger partial charge is 0.395 e. The molecule has 3 nitrogen and oxygen atoms in total. The van der Waals surface area contributed by atoms with E-state index in [-0.39, 0.29) is 6.61 Å². The van der Waals surface area contributed by atoms with E-state index in [0.717, 1.165) is 0 Å². The van der Waals surface area contributed by atoms with E-state index >= 15 is 0 Å². The van der Waals surface area contributed by atoms with Gasteiger partial charge < -0.3 is 15.7 Å². The molecule has 12 heavy (non-hydrogen) atoms. The minimum atomic E-state index is 0.234. The second-order valence-electron chi connectivity index (χ2n) is 3.28. The molecule has 3 N–H and O–H groups in total. The average Bonchev–Trinajstić information content (AvgIpc) is 2.02. The van der Waals surface area contributed by atoms with Gasteiger partial charge in [0.05, 0.1) is 6.61 Å². The van der Waals surface area contributed by atoms with Gasteiger partial charge in [-0.25, -0.2) is 0 Å². The van der Waals surface area contributed by atoms with Crippen LogP contribution in [0.3, 0.4) is 0 Å². The summed E-state index contributed by atoms with van der Waals surface area (Å²) in [5.41, 5.74) is 0. The predicted molar refractivity (Wildman–Crippen MR) is 54.4 cm³/mol. The molecule has 0 saturated heterocycles. The van der Waals surface area contributed by atoms with Crippen molar-refractivity contribution in [2.75, 3.05) is 20.2 Å². The van der Waals surface area contributed by atoms with Crippen molar-refractivity contribution >= 4 is 0 Å². The van der Waals surface area contributed by atoms with Crippen LogP contribution >= 0.6 is 0 Å². The van der Waals surface area contributed by atoms with E-state index in [9.17, 15) is 0 Å². The zero-order chi connectivity index (χ0) is 9.98. The molecule has 0 aliphatic carbocycles. The lowest BCUT2D eigenvalue weighted by Gasteiger charge is -2.03. The summed E-state index contributed by atoms with van der Waals surface area (Å²) in [5.74, 6) is 0. The average molecular weight is 176 g/mol. The molecule has 0 amide bonds. The van der Waals surface area contributed by atoms with Gasteiger partial charge in [-0.05, 0) is 7.05 Å². The molecule has 0 aliphatic rings. The third kappa shape index (κ3) is 22.5. The molecule has 0 aliphatic heterocycles. The van der Waals surface area contributed by atoms with Gasteiger partial charge in [0, 0.05) is 18.6 Å². The zero-order valence-corrected chi connectivity index (χ0v) is 9.02. The van der Waals surface area contributed by atoms with Crippen LogP contribution in [0.1, 0.15) is 27.7 Å². The minimum absolute atomic E-state index is 0.234. The fourth-order valence-electron chi connectivity index (χ4n) is 0.353. The molecule has 0 rings (SSSR count). The summed E-state index contributed by atoms with van der Waals surface area (Å²) in [7, 11) is 1.95. The highest BCUT2D eigenvalue weighted by atomic mass is 16.3. The maximum absolute atomic E-state index is 8.25. The monoisotopic (exact) mass is 176 g/mol. The molecule has 3 heteroatoms. The highest BCUT2D eigenvalue weighted by Crippen LogP contribution is 1.71. The molecule has 0 fully saturated rings. The maximum atomic E-state index is 8.25. The van der Waals surface area contributed by atoms with Crippen LogP contribution in [-0.4, -0.2) is 37.4 Å². The van der Waals surface area contributed by atoms with Gasteiger partial charge in [-0.2, -0.15) is 0 Å². The van der Waals surface area contributed by atoms with Gasteiger partial charge >= 0.3 is 0 Å². The van der Waals surface area contributed by atoms with E-state index in [1.165, 1.54) is 0 Å². The van der Waals surface area contributed by atoms with Gasteiger partial charge in [-0.15, -0.1) is 0 Å². The summed E-state index contributed by atoms with van der Waals surface area (Å²) >= 11 is 0. The number of aliphatic hydroxyl groups is 1. The molecule has 0 radical (unpaired) electrons. The zero-order valence-electron chi connectivity index (χ0n) is 9.02. The van der Waals surface area contributed by atoms with Crippen molar-refractivity contribution < 1.29 is 5.11 Å². The molecule has 0 unspecified atom stereocenters. The molecule has 76 valence electrons. The van der Waals surface area contributed by atoms with Crippen molar-refractivity contribution in [1.82, 2.24) is 10.6 Å². The van der Waals surface area contributed by atoms with Gasteiger partial charge in [0.1, 0.15) is 0 Å². The first-order chi connectivity index (χ1) is 5.54. The molecule has 0 aromatic carbocycles. The highest BCUT2D eigenvalue weighted by molar-refractivity contribution is 4.49. The summed E-state index contributed by atoms with van der Waals surface area (Å²) in [5, 5.41) is 14.3. The SMILES string of the molecule is CC(C)NCCO.CNC(C)C. The van der Waals surface area contributed by atoms with Gasteiger partial charge in [-0.3, -0.25) is 0 Å². The standard InChI is InChI=1S/C5H13NO.C4H11N/c1-5(2)6-3-4-7;1-4(2)5-3/h5-7H,3-4H2,1-2H3;4-5H,1-3H3. The van der Waals surface area contributed by atoms with Crippen molar-refractivity contribution in [3.8, 4) is 0 Å². The summed E-state index contributed by atoms with van der Waals surface area (Å²) in [6.45, 7) is 9.27. The van der Waals surface area contributed by atoms with E-state index in [1.807, 2.05) is 7.05 Å². The number of hydrogen-bond donors (Lipinski definition) is 3. The molecule has 0 spiro atoms. The summed E-state index contributed by atoms with van der Waals surface area (Å²) in [4.78, 5) is 0. The lowest BCUT2D eigenvalue weighted by Crippen LogP contribution is -2.25. The van der Waals surface area contributed by atoms with Crippen LogP contribution in [0, 0.1) is 0 Å². The van der Waals surface area contributed by atoms with Crippen LogP contribution in [0.5, 0.6) is 0 Å². The van der Waals surface area contributed by atoms with Crippen LogP contribution in [0.2, 0.25) is 0 Å². The Morgan fingerprint density at radius 2 is 1.50 bits per heavy atom. The highest BCUT2D eigenvalue weighted by Gasteiger charge is 1.86. The van der Waals surface area contributed by atoms with E-state index in [4.69, 9.17) is 5.11 Å². The molecule has 0 heterocycles. The number of aliphatic hydroxyl groups excluding tert-OH is 1. The lowest BCUT2D eigenvalue weighted by molar-refractivity contribution is 0.287. The normalized spacial score (nSPS) is 10.0. The van der Waals surface area contributed by atoms with Crippen molar-refractivity contribution in [2.24, 2.45) is 0 Å². The van der Waals surface area contributed by atoms with Crippen molar-refractivity contribution in [3.63, 3.8) is 0 Å². The first-order valence-electron chi connectivity index (χ1n) is 4.56. The third-order valence-electron chi connectivity index (χ3n) is 1.24.